The largest absolute Gasteiger partial charge is 0.342 e. The Morgan fingerprint density at radius 2 is 1.91 bits per heavy atom. The summed E-state index contributed by atoms with van der Waals surface area (Å²) in [6.45, 7) is 6.75. The Bertz CT molecular complexity index is 1260. The maximum absolute atomic E-state index is 13.0. The van der Waals surface area contributed by atoms with Crippen LogP contribution in [0.2, 0.25) is 0 Å². The van der Waals surface area contributed by atoms with Gasteiger partial charge >= 0.3 is 0 Å². The number of nitrogens with zero attached hydrogens (tertiary/aromatic N) is 5. The van der Waals surface area contributed by atoms with Crippen molar-refractivity contribution in [2.45, 2.75) is 19.9 Å². The zero-order valence-corrected chi connectivity index (χ0v) is 20.0. The van der Waals surface area contributed by atoms with Crippen LogP contribution < -0.4 is 5.32 Å². The predicted octanol–water partition coefficient (Wildman–Crippen LogP) is 3.28. The molecule has 2 N–H and O–H groups in total. The number of anilines is 1. The Morgan fingerprint density at radius 1 is 1.09 bits per heavy atom. The number of amides is 1. The van der Waals surface area contributed by atoms with Crippen LogP contribution in [-0.2, 0) is 17.8 Å². The van der Waals surface area contributed by atoms with Gasteiger partial charge in [0.15, 0.2) is 0 Å². The fourth-order valence-electron chi connectivity index (χ4n) is 4.86. The highest BCUT2D eigenvalue weighted by Crippen LogP contribution is 2.19. The fraction of sp³-hybridized carbons (Fsp3) is 0.333. The van der Waals surface area contributed by atoms with Crippen molar-refractivity contribution in [1.29, 1.82) is 0 Å². The molecule has 1 amide bonds. The van der Waals surface area contributed by atoms with Crippen molar-refractivity contribution in [1.82, 2.24) is 29.7 Å². The van der Waals surface area contributed by atoms with Crippen molar-refractivity contribution >= 4 is 22.6 Å². The lowest BCUT2D eigenvalue weighted by molar-refractivity contribution is -0.117. The van der Waals surface area contributed by atoms with Gasteiger partial charge in [-0.2, -0.15) is 0 Å². The molecular weight excluding hydrogens is 438 g/mol. The lowest BCUT2D eigenvalue weighted by Crippen LogP contribution is -2.37. The van der Waals surface area contributed by atoms with Crippen molar-refractivity contribution < 1.29 is 4.79 Å². The molecule has 1 fully saturated rings. The topological polar surface area (TPSA) is 90.0 Å². The third-order valence-corrected chi connectivity index (χ3v) is 6.38. The Kier molecular flexibility index (Phi) is 7.11. The molecule has 180 valence electrons. The summed E-state index contributed by atoms with van der Waals surface area (Å²) in [4.78, 5) is 34.1. The van der Waals surface area contributed by atoms with Gasteiger partial charge in [0.05, 0.1) is 23.3 Å². The van der Waals surface area contributed by atoms with E-state index in [1.54, 1.807) is 12.4 Å². The van der Waals surface area contributed by atoms with Gasteiger partial charge in [-0.25, -0.2) is 4.98 Å². The highest BCUT2D eigenvalue weighted by Gasteiger charge is 2.25. The molecule has 0 spiro atoms. The zero-order valence-electron chi connectivity index (χ0n) is 20.0. The summed E-state index contributed by atoms with van der Waals surface area (Å²) in [5.41, 5.74) is 4.91. The highest BCUT2D eigenvalue weighted by molar-refractivity contribution is 5.94. The summed E-state index contributed by atoms with van der Waals surface area (Å²) < 4.78 is 0. The number of benzene rings is 2. The molecule has 1 aliphatic rings. The van der Waals surface area contributed by atoms with Gasteiger partial charge in [0.1, 0.15) is 5.82 Å². The lowest BCUT2D eigenvalue weighted by atomic mass is 10.0. The second-order valence-electron chi connectivity index (χ2n) is 9.33. The fourth-order valence-corrected chi connectivity index (χ4v) is 4.86. The maximum Gasteiger partial charge on any atom is 0.238 e. The number of rotatable bonds is 7. The number of H-pyrrole nitrogens is 1. The average molecular weight is 470 g/mol. The van der Waals surface area contributed by atoms with Gasteiger partial charge in [0, 0.05) is 57.0 Å². The molecule has 0 radical (unpaired) electrons. The summed E-state index contributed by atoms with van der Waals surface area (Å²) in [7, 11) is 0. The van der Waals surface area contributed by atoms with E-state index < -0.39 is 0 Å². The van der Waals surface area contributed by atoms with E-state index >= 15 is 0 Å². The molecule has 3 heterocycles. The number of imidazole rings is 1. The summed E-state index contributed by atoms with van der Waals surface area (Å²) in [6.07, 6.45) is 6.14. The summed E-state index contributed by atoms with van der Waals surface area (Å²) in [5.74, 6) is 1.22. The SMILES string of the molecule is Cc1nc2ccc(NC(=O)CN3CCN(Cc4ccccc4)C[C@H](Cc4cnccn4)C3)cc2[nH]1. The van der Waals surface area contributed by atoms with Gasteiger partial charge in [0.2, 0.25) is 5.91 Å². The van der Waals surface area contributed by atoms with E-state index in [4.69, 9.17) is 0 Å². The third-order valence-electron chi connectivity index (χ3n) is 6.38. The summed E-state index contributed by atoms with van der Waals surface area (Å²) in [6, 6.07) is 16.3. The van der Waals surface area contributed by atoms with Crippen LogP contribution in [0.25, 0.3) is 11.0 Å². The molecule has 0 saturated carbocycles. The number of carbonyl (C=O) groups is 1. The first-order valence-electron chi connectivity index (χ1n) is 12.1. The minimum Gasteiger partial charge on any atom is -0.342 e. The van der Waals surface area contributed by atoms with Crippen LogP contribution in [0.15, 0.2) is 67.1 Å². The number of nitrogens with one attached hydrogen (secondary N) is 2. The number of aromatic nitrogens is 4. The number of hydrogen-bond acceptors (Lipinski definition) is 6. The van der Waals surface area contributed by atoms with Crippen LogP contribution >= 0.6 is 0 Å². The number of aromatic amines is 1. The predicted molar refractivity (Wildman–Crippen MR) is 137 cm³/mol. The second kappa shape index (κ2) is 10.8. The van der Waals surface area contributed by atoms with Crippen molar-refractivity contribution in [3.05, 3.63) is 84.2 Å². The lowest BCUT2D eigenvalue weighted by Gasteiger charge is -2.24. The zero-order chi connectivity index (χ0) is 24.0. The maximum atomic E-state index is 13.0. The minimum atomic E-state index is -0.00431. The second-order valence-corrected chi connectivity index (χ2v) is 9.33. The molecule has 2 aromatic heterocycles. The van der Waals surface area contributed by atoms with Crippen molar-refractivity contribution in [2.24, 2.45) is 5.92 Å². The smallest absolute Gasteiger partial charge is 0.238 e. The third kappa shape index (κ3) is 6.29. The standard InChI is InChI=1S/C27H31N7O/c1-20-30-25-8-7-23(14-26(25)31-20)32-27(35)19-34-12-11-33(16-21-5-3-2-4-6-21)17-22(18-34)13-24-15-28-9-10-29-24/h2-10,14-15,22H,11-13,16-19H2,1H3,(H,30,31)(H,32,35)/t22-/m0/s1. The molecule has 1 saturated heterocycles. The average Bonchev–Trinajstić information content (AvgIpc) is 3.12. The van der Waals surface area contributed by atoms with Crippen LogP contribution in [0.4, 0.5) is 5.69 Å². The van der Waals surface area contributed by atoms with E-state index in [0.717, 1.165) is 67.4 Å². The van der Waals surface area contributed by atoms with Crippen molar-refractivity contribution in [3.8, 4) is 0 Å². The first-order chi connectivity index (χ1) is 17.1. The van der Waals surface area contributed by atoms with Gasteiger partial charge in [-0.05, 0) is 43.0 Å². The Hall–Kier alpha value is -3.62. The molecule has 2 aromatic carbocycles. The van der Waals surface area contributed by atoms with Crippen LogP contribution in [0.3, 0.4) is 0 Å². The molecule has 4 aromatic rings. The van der Waals surface area contributed by atoms with Crippen molar-refractivity contribution in [3.63, 3.8) is 0 Å². The molecule has 0 aliphatic carbocycles. The first-order valence-corrected chi connectivity index (χ1v) is 12.1. The van der Waals surface area contributed by atoms with E-state index in [-0.39, 0.29) is 5.91 Å². The van der Waals surface area contributed by atoms with Crippen LogP contribution in [-0.4, -0.2) is 68.4 Å². The summed E-state index contributed by atoms with van der Waals surface area (Å²) >= 11 is 0. The van der Waals surface area contributed by atoms with Crippen molar-refractivity contribution in [2.75, 3.05) is 38.0 Å². The number of aryl methyl sites for hydroxylation is 1. The minimum absolute atomic E-state index is 0.00431. The molecule has 0 bridgehead atoms. The van der Waals surface area contributed by atoms with Gasteiger partial charge in [-0.3, -0.25) is 24.6 Å². The van der Waals surface area contributed by atoms with Gasteiger partial charge in [-0.1, -0.05) is 30.3 Å². The van der Waals surface area contributed by atoms with Gasteiger partial charge < -0.3 is 10.3 Å². The molecule has 35 heavy (non-hydrogen) atoms. The first kappa shape index (κ1) is 23.1. The van der Waals surface area contributed by atoms with Crippen LogP contribution in [0.1, 0.15) is 17.1 Å². The Morgan fingerprint density at radius 3 is 2.74 bits per heavy atom. The monoisotopic (exact) mass is 469 g/mol. The van der Waals surface area contributed by atoms with E-state index in [9.17, 15) is 4.79 Å². The Balaban J connectivity index is 1.25. The van der Waals surface area contributed by atoms with Gasteiger partial charge in [-0.15, -0.1) is 0 Å². The number of fused-ring (bicyclic) bond motifs is 1. The molecule has 1 aliphatic heterocycles. The molecule has 0 unspecified atom stereocenters. The molecule has 5 rings (SSSR count). The quantitative estimate of drug-likeness (QED) is 0.432. The van der Waals surface area contributed by atoms with Gasteiger partial charge in [0.25, 0.3) is 0 Å². The van der Waals surface area contributed by atoms with Crippen LogP contribution in [0, 0.1) is 12.8 Å². The molecule has 1 atom stereocenters. The Labute approximate surface area is 205 Å². The summed E-state index contributed by atoms with van der Waals surface area (Å²) in [5, 5.41) is 3.06. The number of hydrogen-bond donors (Lipinski definition) is 2. The van der Waals surface area contributed by atoms with E-state index in [0.29, 0.717) is 12.5 Å². The highest BCUT2D eigenvalue weighted by atomic mass is 16.2. The van der Waals surface area contributed by atoms with Crippen LogP contribution in [0.5, 0.6) is 0 Å². The molecule has 8 heteroatoms. The molecule has 8 nitrogen and oxygen atoms in total. The number of carbonyl (C=O) groups excluding carboxylic acids is 1. The van der Waals surface area contributed by atoms with E-state index in [1.165, 1.54) is 5.56 Å². The van der Waals surface area contributed by atoms with E-state index in [1.807, 2.05) is 37.4 Å². The molecular formula is C27H31N7O. The van der Waals surface area contributed by atoms with E-state index in [2.05, 4.69) is 59.3 Å². The normalized spacial score (nSPS) is 17.3.